The summed E-state index contributed by atoms with van der Waals surface area (Å²) in [6.07, 6.45) is 7.71. The van der Waals surface area contributed by atoms with Gasteiger partial charge in [0, 0.05) is 31.4 Å². The smallest absolute Gasteiger partial charge is 0.0954 e. The molecule has 0 radical (unpaired) electrons. The minimum atomic E-state index is -0.397. The summed E-state index contributed by atoms with van der Waals surface area (Å²) in [6.45, 7) is 2.80. The molecule has 0 saturated carbocycles. The zero-order valence-corrected chi connectivity index (χ0v) is 13.6. The maximum Gasteiger partial charge on any atom is 0.0954 e. The molecule has 0 spiro atoms. The second kappa shape index (κ2) is 6.46. The van der Waals surface area contributed by atoms with Gasteiger partial charge in [-0.25, -0.2) is 4.98 Å². The highest BCUT2D eigenvalue weighted by Gasteiger charge is 2.28. The van der Waals surface area contributed by atoms with E-state index < -0.39 is 6.10 Å². The highest BCUT2D eigenvalue weighted by Crippen LogP contribution is 2.29. The van der Waals surface area contributed by atoms with Gasteiger partial charge in [-0.2, -0.15) is 0 Å². The molecular weight excluding hydrogens is 286 g/mol. The Morgan fingerprint density at radius 1 is 1.17 bits per heavy atom. The average molecular weight is 311 g/mol. The SMILES string of the molecule is O[C@H](CN1CC[C@H](n2cnc3c2CCCC3)C1)c1ccccc1. The van der Waals surface area contributed by atoms with Crippen LogP contribution in [-0.4, -0.2) is 39.2 Å². The lowest BCUT2D eigenvalue weighted by Crippen LogP contribution is -2.27. The van der Waals surface area contributed by atoms with E-state index in [1.807, 2.05) is 30.3 Å². The van der Waals surface area contributed by atoms with Crippen molar-refractivity contribution in [3.63, 3.8) is 0 Å². The summed E-state index contributed by atoms with van der Waals surface area (Å²) in [5.74, 6) is 0. The predicted octanol–water partition coefficient (Wildman–Crippen LogP) is 2.74. The van der Waals surface area contributed by atoms with Crippen LogP contribution in [-0.2, 0) is 12.8 Å². The quantitative estimate of drug-likeness (QED) is 0.944. The first-order valence-electron chi connectivity index (χ1n) is 8.81. The van der Waals surface area contributed by atoms with Gasteiger partial charge in [0.15, 0.2) is 0 Å². The number of hydrogen-bond acceptors (Lipinski definition) is 3. The van der Waals surface area contributed by atoms with Crippen LogP contribution in [0.4, 0.5) is 0 Å². The number of aryl methyl sites for hydroxylation is 1. The van der Waals surface area contributed by atoms with Crippen molar-refractivity contribution in [3.8, 4) is 0 Å². The second-order valence-corrected chi connectivity index (χ2v) is 6.88. The molecule has 1 aliphatic carbocycles. The van der Waals surface area contributed by atoms with E-state index >= 15 is 0 Å². The summed E-state index contributed by atoms with van der Waals surface area (Å²) < 4.78 is 2.42. The Kier molecular flexibility index (Phi) is 4.19. The summed E-state index contributed by atoms with van der Waals surface area (Å²) >= 11 is 0. The lowest BCUT2D eigenvalue weighted by Gasteiger charge is -2.22. The van der Waals surface area contributed by atoms with Gasteiger partial charge in [-0.1, -0.05) is 30.3 Å². The number of β-amino-alcohol motifs (C(OH)–C–C–N with tert-alkyl or cyclic N) is 1. The van der Waals surface area contributed by atoms with Gasteiger partial charge in [-0.05, 0) is 37.7 Å². The van der Waals surface area contributed by atoms with Crippen molar-refractivity contribution in [2.24, 2.45) is 0 Å². The maximum absolute atomic E-state index is 10.4. The third kappa shape index (κ3) is 3.06. The normalized spacial score (nSPS) is 22.9. The minimum absolute atomic E-state index is 0.397. The number of imidazole rings is 1. The van der Waals surface area contributed by atoms with Crippen LogP contribution in [0.15, 0.2) is 36.7 Å². The molecule has 0 amide bonds. The highest BCUT2D eigenvalue weighted by atomic mass is 16.3. The zero-order valence-electron chi connectivity index (χ0n) is 13.6. The molecule has 0 unspecified atom stereocenters. The van der Waals surface area contributed by atoms with Crippen molar-refractivity contribution >= 4 is 0 Å². The molecule has 4 nitrogen and oxygen atoms in total. The zero-order chi connectivity index (χ0) is 15.6. The molecule has 1 aromatic carbocycles. The number of hydrogen-bond donors (Lipinski definition) is 1. The molecule has 4 rings (SSSR count). The second-order valence-electron chi connectivity index (χ2n) is 6.88. The third-order valence-electron chi connectivity index (χ3n) is 5.32. The van der Waals surface area contributed by atoms with Gasteiger partial charge in [-0.3, -0.25) is 4.90 Å². The Morgan fingerprint density at radius 2 is 2.00 bits per heavy atom. The van der Waals surface area contributed by atoms with E-state index in [1.54, 1.807) is 0 Å². The molecule has 122 valence electrons. The van der Waals surface area contributed by atoms with Crippen LogP contribution in [0.2, 0.25) is 0 Å². The van der Waals surface area contributed by atoms with Crippen molar-refractivity contribution < 1.29 is 5.11 Å². The lowest BCUT2D eigenvalue weighted by atomic mass is 10.0. The number of rotatable bonds is 4. The fraction of sp³-hybridized carbons (Fsp3) is 0.526. The Morgan fingerprint density at radius 3 is 2.87 bits per heavy atom. The topological polar surface area (TPSA) is 41.3 Å². The Bertz CT molecular complexity index is 652. The van der Waals surface area contributed by atoms with Gasteiger partial charge in [0.1, 0.15) is 0 Å². The Balaban J connectivity index is 1.40. The van der Waals surface area contributed by atoms with Gasteiger partial charge in [-0.15, -0.1) is 0 Å². The molecular formula is C19H25N3O. The van der Waals surface area contributed by atoms with Crippen LogP contribution in [0, 0.1) is 0 Å². The fourth-order valence-corrected chi connectivity index (χ4v) is 4.04. The summed E-state index contributed by atoms with van der Waals surface area (Å²) in [5, 5.41) is 10.4. The number of benzene rings is 1. The van der Waals surface area contributed by atoms with E-state index in [0.717, 1.165) is 38.0 Å². The fourth-order valence-electron chi connectivity index (χ4n) is 4.04. The molecule has 2 aliphatic rings. The first-order chi connectivity index (χ1) is 11.3. The largest absolute Gasteiger partial charge is 0.387 e. The van der Waals surface area contributed by atoms with Gasteiger partial charge >= 0.3 is 0 Å². The van der Waals surface area contributed by atoms with Gasteiger partial charge < -0.3 is 9.67 Å². The van der Waals surface area contributed by atoms with Crippen molar-refractivity contribution in [1.82, 2.24) is 14.5 Å². The van der Waals surface area contributed by atoms with Crippen LogP contribution in [0.5, 0.6) is 0 Å². The van der Waals surface area contributed by atoms with Crippen molar-refractivity contribution in [3.05, 3.63) is 53.6 Å². The van der Waals surface area contributed by atoms with E-state index in [1.165, 1.54) is 30.7 Å². The molecule has 2 atom stereocenters. The molecule has 2 heterocycles. The van der Waals surface area contributed by atoms with E-state index in [-0.39, 0.29) is 0 Å². The van der Waals surface area contributed by atoms with Gasteiger partial charge in [0.05, 0.1) is 18.1 Å². The van der Waals surface area contributed by atoms with Crippen molar-refractivity contribution in [2.45, 2.75) is 44.2 Å². The van der Waals surface area contributed by atoms with E-state index in [0.29, 0.717) is 6.04 Å². The van der Waals surface area contributed by atoms with Crippen LogP contribution in [0.3, 0.4) is 0 Å². The van der Waals surface area contributed by atoms with Crippen molar-refractivity contribution in [1.29, 1.82) is 0 Å². The van der Waals surface area contributed by atoms with E-state index in [9.17, 15) is 5.11 Å². The maximum atomic E-state index is 10.4. The molecule has 23 heavy (non-hydrogen) atoms. The number of fused-ring (bicyclic) bond motifs is 1. The lowest BCUT2D eigenvalue weighted by molar-refractivity contribution is 0.124. The first-order valence-corrected chi connectivity index (χ1v) is 8.81. The van der Waals surface area contributed by atoms with Crippen LogP contribution in [0.25, 0.3) is 0 Å². The Labute approximate surface area is 137 Å². The summed E-state index contributed by atoms with van der Waals surface area (Å²) in [6, 6.07) is 10.5. The molecule has 4 heteroatoms. The first kappa shape index (κ1) is 14.9. The summed E-state index contributed by atoms with van der Waals surface area (Å²) in [7, 11) is 0. The molecule has 1 saturated heterocycles. The van der Waals surface area contributed by atoms with Crippen LogP contribution in [0.1, 0.15) is 48.4 Å². The molecule has 1 fully saturated rings. The number of aromatic nitrogens is 2. The molecule has 1 aromatic heterocycles. The van der Waals surface area contributed by atoms with E-state index in [4.69, 9.17) is 0 Å². The molecule has 0 bridgehead atoms. The number of aliphatic hydroxyl groups is 1. The van der Waals surface area contributed by atoms with Crippen LogP contribution < -0.4 is 0 Å². The minimum Gasteiger partial charge on any atom is -0.387 e. The van der Waals surface area contributed by atoms with Crippen LogP contribution >= 0.6 is 0 Å². The Hall–Kier alpha value is -1.65. The monoisotopic (exact) mass is 311 g/mol. The summed E-state index contributed by atoms with van der Waals surface area (Å²) in [5.41, 5.74) is 3.79. The number of nitrogens with zero attached hydrogens (tertiary/aromatic N) is 3. The van der Waals surface area contributed by atoms with E-state index in [2.05, 4.69) is 20.8 Å². The predicted molar refractivity (Wildman–Crippen MR) is 90.4 cm³/mol. The third-order valence-corrected chi connectivity index (χ3v) is 5.32. The van der Waals surface area contributed by atoms with Gasteiger partial charge in [0.25, 0.3) is 0 Å². The van der Waals surface area contributed by atoms with Gasteiger partial charge in [0.2, 0.25) is 0 Å². The molecule has 1 N–H and O–H groups in total. The standard InChI is InChI=1S/C19H25N3O/c23-19(15-6-2-1-3-7-15)13-21-11-10-16(12-21)22-14-20-17-8-4-5-9-18(17)22/h1-3,6-7,14,16,19,23H,4-5,8-13H2/t16-,19+/m0/s1. The van der Waals surface area contributed by atoms with Crippen molar-refractivity contribution in [2.75, 3.05) is 19.6 Å². The number of aliphatic hydroxyl groups excluding tert-OH is 1. The average Bonchev–Trinajstić information content (AvgIpc) is 3.22. The number of likely N-dealkylation sites (tertiary alicyclic amines) is 1. The molecule has 2 aromatic rings. The molecule has 1 aliphatic heterocycles. The highest BCUT2D eigenvalue weighted by molar-refractivity contribution is 5.19. The summed E-state index contributed by atoms with van der Waals surface area (Å²) in [4.78, 5) is 7.02.